The quantitative estimate of drug-likeness (QED) is 0.836. The topological polar surface area (TPSA) is 63.0 Å². The van der Waals surface area contributed by atoms with Crippen LogP contribution in [0.25, 0.3) is 0 Å². The molecule has 5 nitrogen and oxygen atoms in total. The average Bonchev–Trinajstić information content (AvgIpc) is 2.90. The minimum atomic E-state index is 0.112. The zero-order valence-electron chi connectivity index (χ0n) is 13.1. The van der Waals surface area contributed by atoms with Gasteiger partial charge in [0.2, 0.25) is 5.89 Å². The Labute approximate surface area is 121 Å². The van der Waals surface area contributed by atoms with Gasteiger partial charge in [0, 0.05) is 6.04 Å². The molecule has 20 heavy (non-hydrogen) atoms. The molecule has 0 aromatic carbocycles. The lowest BCUT2D eigenvalue weighted by Gasteiger charge is -2.33. The van der Waals surface area contributed by atoms with E-state index in [0.717, 1.165) is 18.9 Å². The van der Waals surface area contributed by atoms with Gasteiger partial charge in [-0.1, -0.05) is 38.7 Å². The number of aromatic nitrogens is 2. The number of hydrogen-bond acceptors (Lipinski definition) is 5. The third-order valence-electron chi connectivity index (χ3n) is 4.53. The third kappa shape index (κ3) is 3.72. The smallest absolute Gasteiger partial charge is 0.315 e. The SMILES string of the molecule is CCCNC(C)c1nnc(NC2CCCC(C)C2C)o1. The summed E-state index contributed by atoms with van der Waals surface area (Å²) in [6.07, 6.45) is 4.89. The van der Waals surface area contributed by atoms with Crippen molar-refractivity contribution in [2.45, 2.75) is 65.5 Å². The monoisotopic (exact) mass is 280 g/mol. The fourth-order valence-electron chi connectivity index (χ4n) is 2.86. The summed E-state index contributed by atoms with van der Waals surface area (Å²) in [5.74, 6) is 2.07. The first-order valence-corrected chi connectivity index (χ1v) is 7.95. The number of nitrogens with zero attached hydrogens (tertiary/aromatic N) is 2. The average molecular weight is 280 g/mol. The van der Waals surface area contributed by atoms with Gasteiger partial charge in [-0.05, 0) is 38.1 Å². The summed E-state index contributed by atoms with van der Waals surface area (Å²) in [6.45, 7) is 9.80. The van der Waals surface area contributed by atoms with Crippen LogP contribution in [0.15, 0.2) is 4.42 Å². The summed E-state index contributed by atoms with van der Waals surface area (Å²) in [5, 5.41) is 15.0. The molecule has 4 unspecified atom stereocenters. The number of rotatable bonds is 6. The van der Waals surface area contributed by atoms with Gasteiger partial charge in [0.1, 0.15) is 0 Å². The molecule has 2 rings (SSSR count). The van der Waals surface area contributed by atoms with Gasteiger partial charge >= 0.3 is 6.01 Å². The molecule has 0 aliphatic heterocycles. The molecule has 0 bridgehead atoms. The summed E-state index contributed by atoms with van der Waals surface area (Å²) in [4.78, 5) is 0. The second kappa shape index (κ2) is 7.07. The van der Waals surface area contributed by atoms with Crippen LogP contribution in [0.2, 0.25) is 0 Å². The van der Waals surface area contributed by atoms with Crippen LogP contribution in [0.5, 0.6) is 0 Å². The van der Waals surface area contributed by atoms with Crippen molar-refractivity contribution in [3.63, 3.8) is 0 Å². The van der Waals surface area contributed by atoms with Crippen LogP contribution in [-0.2, 0) is 0 Å². The first-order valence-electron chi connectivity index (χ1n) is 7.95. The van der Waals surface area contributed by atoms with Crippen molar-refractivity contribution in [3.8, 4) is 0 Å². The highest BCUT2D eigenvalue weighted by Crippen LogP contribution is 2.31. The van der Waals surface area contributed by atoms with Gasteiger partial charge in [-0.3, -0.25) is 0 Å². The summed E-state index contributed by atoms with van der Waals surface area (Å²) in [7, 11) is 0. The molecule has 1 aliphatic rings. The molecule has 1 aromatic rings. The highest BCUT2D eigenvalue weighted by atomic mass is 16.4. The van der Waals surface area contributed by atoms with Gasteiger partial charge < -0.3 is 15.1 Å². The molecule has 1 aromatic heterocycles. The maximum absolute atomic E-state index is 5.73. The molecule has 1 aliphatic carbocycles. The molecule has 2 N–H and O–H groups in total. The highest BCUT2D eigenvalue weighted by molar-refractivity contribution is 5.21. The molecule has 114 valence electrons. The molecule has 1 fully saturated rings. The normalized spacial score (nSPS) is 28.3. The van der Waals surface area contributed by atoms with Crippen LogP contribution in [0.3, 0.4) is 0 Å². The number of nitrogens with one attached hydrogen (secondary N) is 2. The Hall–Kier alpha value is -1.10. The fraction of sp³-hybridized carbons (Fsp3) is 0.867. The number of hydrogen-bond donors (Lipinski definition) is 2. The number of anilines is 1. The Kier molecular flexibility index (Phi) is 5.40. The van der Waals surface area contributed by atoms with E-state index in [1.54, 1.807) is 0 Å². The maximum atomic E-state index is 5.73. The van der Waals surface area contributed by atoms with Gasteiger partial charge in [0.15, 0.2) is 0 Å². The molecule has 0 amide bonds. The van der Waals surface area contributed by atoms with E-state index in [4.69, 9.17) is 4.42 Å². The summed E-state index contributed by atoms with van der Waals surface area (Å²) in [5.41, 5.74) is 0. The minimum absolute atomic E-state index is 0.112. The van der Waals surface area contributed by atoms with Gasteiger partial charge in [-0.2, -0.15) is 0 Å². The molecular formula is C15H28N4O. The second-order valence-corrected chi connectivity index (χ2v) is 6.14. The zero-order valence-corrected chi connectivity index (χ0v) is 13.1. The van der Waals surface area contributed by atoms with Crippen molar-refractivity contribution in [1.29, 1.82) is 0 Å². The van der Waals surface area contributed by atoms with E-state index >= 15 is 0 Å². The molecule has 0 radical (unpaired) electrons. The van der Waals surface area contributed by atoms with Crippen LogP contribution in [0.4, 0.5) is 6.01 Å². The highest BCUT2D eigenvalue weighted by Gasteiger charge is 2.28. The Bertz CT molecular complexity index is 406. The van der Waals surface area contributed by atoms with Crippen molar-refractivity contribution in [2.75, 3.05) is 11.9 Å². The Morgan fingerprint density at radius 2 is 2.10 bits per heavy atom. The second-order valence-electron chi connectivity index (χ2n) is 6.14. The van der Waals surface area contributed by atoms with Gasteiger partial charge in [-0.25, -0.2) is 0 Å². The van der Waals surface area contributed by atoms with E-state index < -0.39 is 0 Å². The van der Waals surface area contributed by atoms with E-state index in [9.17, 15) is 0 Å². The summed E-state index contributed by atoms with van der Waals surface area (Å²) < 4.78 is 5.73. The largest absolute Gasteiger partial charge is 0.406 e. The minimum Gasteiger partial charge on any atom is -0.406 e. The molecular weight excluding hydrogens is 252 g/mol. The Morgan fingerprint density at radius 3 is 2.85 bits per heavy atom. The first kappa shape index (κ1) is 15.3. The molecule has 0 spiro atoms. The van der Waals surface area contributed by atoms with Crippen molar-refractivity contribution in [1.82, 2.24) is 15.5 Å². The maximum Gasteiger partial charge on any atom is 0.315 e. The van der Waals surface area contributed by atoms with Crippen LogP contribution in [0, 0.1) is 11.8 Å². The Balaban J connectivity index is 1.92. The summed E-state index contributed by atoms with van der Waals surface area (Å²) in [6, 6.07) is 1.13. The lowest BCUT2D eigenvalue weighted by atomic mass is 9.78. The zero-order chi connectivity index (χ0) is 14.5. The lowest BCUT2D eigenvalue weighted by Crippen LogP contribution is -2.35. The molecule has 1 saturated carbocycles. The standard InChI is InChI=1S/C15H28N4O/c1-5-9-16-12(4)14-18-19-15(20-14)17-13-8-6-7-10(2)11(13)3/h10-13,16H,5-9H2,1-4H3,(H,17,19). The predicted molar refractivity (Wildman–Crippen MR) is 80.6 cm³/mol. The van der Waals surface area contributed by atoms with Crippen LogP contribution in [-0.4, -0.2) is 22.8 Å². The van der Waals surface area contributed by atoms with Crippen molar-refractivity contribution >= 4 is 6.01 Å². The van der Waals surface area contributed by atoms with Crippen LogP contribution < -0.4 is 10.6 Å². The van der Waals surface area contributed by atoms with Crippen LogP contribution in [0.1, 0.15) is 65.3 Å². The third-order valence-corrected chi connectivity index (χ3v) is 4.53. The first-order chi connectivity index (χ1) is 9.61. The van der Waals surface area contributed by atoms with Gasteiger partial charge in [-0.15, -0.1) is 5.10 Å². The molecule has 4 atom stereocenters. The summed E-state index contributed by atoms with van der Waals surface area (Å²) >= 11 is 0. The van der Waals surface area contributed by atoms with Gasteiger partial charge in [0.05, 0.1) is 6.04 Å². The van der Waals surface area contributed by atoms with Gasteiger partial charge in [0.25, 0.3) is 0 Å². The van der Waals surface area contributed by atoms with E-state index in [1.165, 1.54) is 19.3 Å². The van der Waals surface area contributed by atoms with E-state index in [2.05, 4.69) is 48.5 Å². The van der Waals surface area contributed by atoms with Crippen molar-refractivity contribution in [3.05, 3.63) is 5.89 Å². The van der Waals surface area contributed by atoms with Crippen molar-refractivity contribution in [2.24, 2.45) is 11.8 Å². The van der Waals surface area contributed by atoms with Crippen molar-refractivity contribution < 1.29 is 4.42 Å². The van der Waals surface area contributed by atoms with E-state index in [0.29, 0.717) is 23.9 Å². The molecule has 0 saturated heterocycles. The Morgan fingerprint density at radius 1 is 1.30 bits per heavy atom. The van der Waals surface area contributed by atoms with E-state index in [1.807, 2.05) is 0 Å². The fourth-order valence-corrected chi connectivity index (χ4v) is 2.86. The van der Waals surface area contributed by atoms with E-state index in [-0.39, 0.29) is 6.04 Å². The molecule has 5 heteroatoms. The lowest BCUT2D eigenvalue weighted by molar-refractivity contribution is 0.249. The predicted octanol–water partition coefficient (Wildman–Crippen LogP) is 3.37. The van der Waals surface area contributed by atoms with Crippen LogP contribution >= 0.6 is 0 Å². The molecule has 1 heterocycles.